The van der Waals surface area contributed by atoms with E-state index in [0.717, 1.165) is 37.1 Å². The van der Waals surface area contributed by atoms with Crippen LogP contribution in [-0.4, -0.2) is 67.3 Å². The average molecular weight is 426 g/mol. The molecule has 0 radical (unpaired) electrons. The molecule has 0 spiro atoms. The molecule has 8 heteroatoms. The van der Waals surface area contributed by atoms with E-state index in [9.17, 15) is 14.7 Å². The van der Waals surface area contributed by atoms with Gasteiger partial charge in [-0.3, -0.25) is 9.59 Å². The summed E-state index contributed by atoms with van der Waals surface area (Å²) in [5, 5.41) is 15.8. The highest BCUT2D eigenvalue weighted by atomic mass is 35.5. The van der Waals surface area contributed by atoms with Crippen LogP contribution in [0.2, 0.25) is 0 Å². The summed E-state index contributed by atoms with van der Waals surface area (Å²) in [5.41, 5.74) is 2.23. The van der Waals surface area contributed by atoms with Crippen molar-refractivity contribution in [2.75, 3.05) is 39.3 Å². The molecule has 2 aliphatic heterocycles. The molecule has 0 aromatic heterocycles. The molecule has 2 aliphatic rings. The van der Waals surface area contributed by atoms with Crippen LogP contribution in [0.15, 0.2) is 12.1 Å². The number of nitrogens with one attached hydrogen (secondary N) is 2. The minimum absolute atomic E-state index is 0. The number of aliphatic hydroxyl groups is 1. The van der Waals surface area contributed by atoms with E-state index >= 15 is 0 Å². The highest BCUT2D eigenvalue weighted by molar-refractivity contribution is 5.95. The van der Waals surface area contributed by atoms with Gasteiger partial charge in [0.2, 0.25) is 0 Å². The van der Waals surface area contributed by atoms with Crippen molar-refractivity contribution in [3.63, 3.8) is 0 Å². The van der Waals surface area contributed by atoms with E-state index in [2.05, 4.69) is 10.6 Å². The van der Waals surface area contributed by atoms with E-state index in [4.69, 9.17) is 4.74 Å². The summed E-state index contributed by atoms with van der Waals surface area (Å²) in [4.78, 5) is 26.7. The van der Waals surface area contributed by atoms with Gasteiger partial charge in [0.15, 0.2) is 6.61 Å². The maximum absolute atomic E-state index is 12.5. The van der Waals surface area contributed by atoms with Gasteiger partial charge in [-0.2, -0.15) is 0 Å². The molecule has 0 saturated carbocycles. The molecule has 162 valence electrons. The molecular formula is C21H32ClN3O4. The Morgan fingerprint density at radius 1 is 1.17 bits per heavy atom. The molecule has 2 heterocycles. The molecule has 2 amide bonds. The molecular weight excluding hydrogens is 394 g/mol. The molecule has 2 unspecified atom stereocenters. The molecule has 3 N–H and O–H groups in total. The maximum atomic E-state index is 12.5. The van der Waals surface area contributed by atoms with Gasteiger partial charge in [0, 0.05) is 44.2 Å². The summed E-state index contributed by atoms with van der Waals surface area (Å²) in [6.45, 7) is 7.13. The largest absolute Gasteiger partial charge is 0.483 e. The maximum Gasteiger partial charge on any atom is 0.260 e. The van der Waals surface area contributed by atoms with Crippen LogP contribution in [0.5, 0.6) is 5.75 Å². The number of β-amino-alcohol motifs (C(OH)–C–C–N with tert-alkyl or cyclic N) is 1. The standard InChI is InChI=1S/C21H31N3O4.ClH/c1-14-8-16(21(27)23-11-17-10-22-12-18(17)25)9-15(2)20(14)28-13-19(26)24-6-4-3-5-7-24;/h8-9,17-18,22,25H,3-7,10-13H2,1-2H3,(H,23,27);1H. The van der Waals surface area contributed by atoms with E-state index in [-0.39, 0.29) is 36.7 Å². The van der Waals surface area contributed by atoms with Crippen LogP contribution in [0.25, 0.3) is 0 Å². The molecule has 7 nitrogen and oxygen atoms in total. The number of nitrogens with zero attached hydrogens (tertiary/aromatic N) is 1. The van der Waals surface area contributed by atoms with Gasteiger partial charge in [0.1, 0.15) is 5.75 Å². The number of aliphatic hydroxyl groups excluding tert-OH is 1. The minimum Gasteiger partial charge on any atom is -0.483 e. The van der Waals surface area contributed by atoms with Gasteiger partial charge in [-0.25, -0.2) is 0 Å². The number of benzene rings is 1. The van der Waals surface area contributed by atoms with E-state index < -0.39 is 6.10 Å². The molecule has 3 rings (SSSR count). The number of amides is 2. The van der Waals surface area contributed by atoms with Crippen LogP contribution in [0, 0.1) is 19.8 Å². The van der Waals surface area contributed by atoms with E-state index in [1.165, 1.54) is 6.42 Å². The lowest BCUT2D eigenvalue weighted by Crippen LogP contribution is -2.38. The van der Waals surface area contributed by atoms with Crippen molar-refractivity contribution in [3.05, 3.63) is 28.8 Å². The Labute approximate surface area is 178 Å². The normalized spacial score (nSPS) is 21.4. The quantitative estimate of drug-likeness (QED) is 0.641. The number of likely N-dealkylation sites (tertiary alicyclic amines) is 1. The summed E-state index contributed by atoms with van der Waals surface area (Å²) >= 11 is 0. The molecule has 1 aromatic rings. The zero-order chi connectivity index (χ0) is 20.1. The number of carbonyl (C=O) groups excluding carboxylic acids is 2. The Morgan fingerprint density at radius 2 is 1.83 bits per heavy atom. The summed E-state index contributed by atoms with van der Waals surface area (Å²) in [6.07, 6.45) is 2.88. The number of hydrogen-bond acceptors (Lipinski definition) is 5. The van der Waals surface area contributed by atoms with Crippen molar-refractivity contribution in [1.82, 2.24) is 15.5 Å². The third kappa shape index (κ3) is 6.07. The lowest BCUT2D eigenvalue weighted by molar-refractivity contribution is -0.134. The van der Waals surface area contributed by atoms with Crippen LogP contribution in [0.1, 0.15) is 40.7 Å². The Hall–Kier alpha value is -1.83. The zero-order valence-electron chi connectivity index (χ0n) is 17.2. The van der Waals surface area contributed by atoms with Crippen molar-refractivity contribution in [3.8, 4) is 5.75 Å². The molecule has 2 fully saturated rings. The molecule has 0 bridgehead atoms. The highest BCUT2D eigenvalue weighted by Gasteiger charge is 2.25. The molecule has 29 heavy (non-hydrogen) atoms. The van der Waals surface area contributed by atoms with Crippen LogP contribution >= 0.6 is 12.4 Å². The smallest absolute Gasteiger partial charge is 0.260 e. The van der Waals surface area contributed by atoms with Crippen LogP contribution in [-0.2, 0) is 4.79 Å². The van der Waals surface area contributed by atoms with Crippen molar-refractivity contribution in [2.24, 2.45) is 5.92 Å². The van der Waals surface area contributed by atoms with Gasteiger partial charge in [0.05, 0.1) is 6.10 Å². The third-order valence-electron chi connectivity index (χ3n) is 5.60. The van der Waals surface area contributed by atoms with Crippen molar-refractivity contribution in [2.45, 2.75) is 39.2 Å². The summed E-state index contributed by atoms with van der Waals surface area (Å²) in [7, 11) is 0. The molecule has 2 saturated heterocycles. The van der Waals surface area contributed by atoms with Crippen molar-refractivity contribution < 1.29 is 19.4 Å². The molecule has 1 aromatic carbocycles. The summed E-state index contributed by atoms with van der Waals surface area (Å²) < 4.78 is 5.81. The predicted molar refractivity (Wildman–Crippen MR) is 114 cm³/mol. The van der Waals surface area contributed by atoms with E-state index in [1.807, 2.05) is 18.7 Å². The first-order valence-electron chi connectivity index (χ1n) is 10.1. The number of piperidine rings is 1. The fourth-order valence-corrected chi connectivity index (χ4v) is 3.93. The fraction of sp³-hybridized carbons (Fsp3) is 0.619. The summed E-state index contributed by atoms with van der Waals surface area (Å²) in [6, 6.07) is 3.57. The van der Waals surface area contributed by atoms with Gasteiger partial charge < -0.3 is 25.4 Å². The van der Waals surface area contributed by atoms with Gasteiger partial charge in [-0.05, 0) is 56.4 Å². The fourth-order valence-electron chi connectivity index (χ4n) is 3.93. The van der Waals surface area contributed by atoms with E-state index in [0.29, 0.717) is 30.9 Å². The van der Waals surface area contributed by atoms with Gasteiger partial charge in [-0.1, -0.05) is 0 Å². The first-order chi connectivity index (χ1) is 13.5. The van der Waals surface area contributed by atoms with Crippen molar-refractivity contribution in [1.29, 1.82) is 0 Å². The second kappa shape index (κ2) is 10.8. The highest BCUT2D eigenvalue weighted by Crippen LogP contribution is 2.25. The number of aryl methyl sites for hydroxylation is 2. The van der Waals surface area contributed by atoms with Crippen LogP contribution < -0.4 is 15.4 Å². The lowest BCUT2D eigenvalue weighted by atomic mass is 10.0. The predicted octanol–water partition coefficient (Wildman–Crippen LogP) is 1.43. The van der Waals surface area contributed by atoms with Gasteiger partial charge >= 0.3 is 0 Å². The number of rotatable bonds is 6. The minimum atomic E-state index is -0.419. The number of hydrogen-bond donors (Lipinski definition) is 3. The molecule has 0 aliphatic carbocycles. The van der Waals surface area contributed by atoms with Gasteiger partial charge in [0.25, 0.3) is 11.8 Å². The Morgan fingerprint density at radius 3 is 2.41 bits per heavy atom. The Balaban J connectivity index is 0.00000300. The zero-order valence-corrected chi connectivity index (χ0v) is 18.0. The monoisotopic (exact) mass is 425 g/mol. The number of halogens is 1. The third-order valence-corrected chi connectivity index (χ3v) is 5.60. The Bertz CT molecular complexity index is 699. The van der Waals surface area contributed by atoms with E-state index in [1.54, 1.807) is 12.1 Å². The first kappa shape index (κ1) is 23.4. The van der Waals surface area contributed by atoms with Crippen LogP contribution in [0.4, 0.5) is 0 Å². The molecule has 2 atom stereocenters. The lowest BCUT2D eigenvalue weighted by Gasteiger charge is -2.27. The second-order valence-corrected chi connectivity index (χ2v) is 7.86. The average Bonchev–Trinajstić information content (AvgIpc) is 3.10. The number of ether oxygens (including phenoxy) is 1. The van der Waals surface area contributed by atoms with Crippen molar-refractivity contribution >= 4 is 24.2 Å². The van der Waals surface area contributed by atoms with Crippen LogP contribution in [0.3, 0.4) is 0 Å². The SMILES string of the molecule is Cc1cc(C(=O)NCC2CNCC2O)cc(C)c1OCC(=O)N1CCCCC1.Cl. The second-order valence-electron chi connectivity index (χ2n) is 7.86. The van der Waals surface area contributed by atoms with Gasteiger partial charge in [-0.15, -0.1) is 12.4 Å². The summed E-state index contributed by atoms with van der Waals surface area (Å²) in [5.74, 6) is 0.553. The first-order valence-corrected chi connectivity index (χ1v) is 10.1. The topological polar surface area (TPSA) is 90.9 Å². The Kier molecular flexibility index (Phi) is 8.74. The number of carbonyl (C=O) groups is 2.